The van der Waals surface area contributed by atoms with Gasteiger partial charge in [-0.3, -0.25) is 0 Å². The first kappa shape index (κ1) is 26.6. The third-order valence-electron chi connectivity index (χ3n) is 8.70. The first-order valence-electron chi connectivity index (χ1n) is 14.8. The topological polar surface area (TPSA) is 18.5 Å². The molecule has 4 aromatic carbocycles. The van der Waals surface area contributed by atoms with E-state index in [1.807, 2.05) is 7.05 Å². The number of likely N-dealkylation sites (N-methyl/N-ethyl adjacent to an activating group) is 1. The maximum absolute atomic E-state index is 3.23. The number of hydrogen-bond donors (Lipinski definition) is 1. The molecule has 0 spiro atoms. The molecule has 0 saturated carbocycles. The lowest BCUT2D eigenvalue weighted by atomic mass is 9.93. The van der Waals surface area contributed by atoms with E-state index >= 15 is 0 Å². The summed E-state index contributed by atoms with van der Waals surface area (Å²) < 4.78 is 0. The molecule has 2 aliphatic heterocycles. The number of rotatable bonds is 3. The zero-order valence-corrected chi connectivity index (χ0v) is 23.9. The molecule has 40 heavy (non-hydrogen) atoms. The molecular weight excluding hydrogens is 486 g/mol. The summed E-state index contributed by atoms with van der Waals surface area (Å²) in [5, 5.41) is 3.23. The number of aryl methyl sites for hydroxylation is 2. The van der Waals surface area contributed by atoms with Gasteiger partial charge in [-0.25, -0.2) is 0 Å². The predicted octanol–water partition coefficient (Wildman–Crippen LogP) is 6.91. The molecule has 1 N–H and O–H groups in total. The van der Waals surface area contributed by atoms with Crippen LogP contribution >= 0.6 is 0 Å². The van der Waals surface area contributed by atoms with Crippen molar-refractivity contribution in [2.24, 2.45) is 0 Å². The Morgan fingerprint density at radius 3 is 2.02 bits per heavy atom. The van der Waals surface area contributed by atoms with Crippen LogP contribution in [-0.2, 0) is 19.3 Å². The molecule has 1 saturated heterocycles. The van der Waals surface area contributed by atoms with Crippen molar-refractivity contribution in [3.8, 4) is 0 Å². The van der Waals surface area contributed by atoms with E-state index in [0.717, 1.165) is 51.9 Å². The number of para-hydroxylation sites is 1. The first-order valence-corrected chi connectivity index (χ1v) is 14.8. The molecule has 0 amide bonds. The molecule has 3 heteroatoms. The van der Waals surface area contributed by atoms with Crippen molar-refractivity contribution in [2.75, 3.05) is 45.2 Å². The Morgan fingerprint density at radius 1 is 0.725 bits per heavy atom. The van der Waals surface area contributed by atoms with Crippen LogP contribution in [-0.4, -0.2) is 45.2 Å². The summed E-state index contributed by atoms with van der Waals surface area (Å²) in [6, 6.07) is 36.1. The molecule has 1 atom stereocenters. The lowest BCUT2D eigenvalue weighted by Crippen LogP contribution is -2.46. The second-order valence-electron chi connectivity index (χ2n) is 11.3. The van der Waals surface area contributed by atoms with Gasteiger partial charge in [0.2, 0.25) is 0 Å². The number of nitrogens with zero attached hydrogens (tertiary/aromatic N) is 2. The number of anilines is 1. The molecule has 0 radical (unpaired) electrons. The fourth-order valence-corrected chi connectivity index (χ4v) is 6.64. The van der Waals surface area contributed by atoms with Gasteiger partial charge in [0, 0.05) is 25.3 Å². The lowest BCUT2D eigenvalue weighted by molar-refractivity contribution is 0.269. The highest BCUT2D eigenvalue weighted by Gasteiger charge is 2.31. The van der Waals surface area contributed by atoms with Gasteiger partial charge in [-0.15, -0.1) is 0 Å². The number of benzene rings is 4. The van der Waals surface area contributed by atoms with E-state index in [9.17, 15) is 0 Å². The van der Waals surface area contributed by atoms with E-state index < -0.39 is 0 Å². The Bertz CT molecular complexity index is 1440. The van der Waals surface area contributed by atoms with Gasteiger partial charge < -0.3 is 15.1 Å². The van der Waals surface area contributed by atoms with Gasteiger partial charge in [-0.1, -0.05) is 97.1 Å². The fourth-order valence-electron chi connectivity index (χ4n) is 6.64. The van der Waals surface area contributed by atoms with Gasteiger partial charge in [0.15, 0.2) is 0 Å². The fraction of sp³-hybridized carbons (Fsp3) is 0.297. The summed E-state index contributed by atoms with van der Waals surface area (Å²) in [7, 11) is 4.24. The third-order valence-corrected chi connectivity index (χ3v) is 8.70. The summed E-state index contributed by atoms with van der Waals surface area (Å²) >= 11 is 0. The standard InChI is InChI=1S/C19H21N.C18H20N2/c1-20-14-6-11-19-17-9-4-2-7-15(17)12-13-16-8-3-5-10-18(16)19;1-19-10-11-20-17-9-5-3-7-15(17)12-14-6-2-4-8-16(14)18(20)13-19/h2-5,7-11,20H,6,12-14H2,1H3;2-9,18H,10-13H2,1H3. The monoisotopic (exact) mass is 527 g/mol. The zero-order chi connectivity index (χ0) is 27.3. The number of hydrogen-bond acceptors (Lipinski definition) is 3. The molecule has 2 heterocycles. The average molecular weight is 528 g/mol. The van der Waals surface area contributed by atoms with Crippen molar-refractivity contribution in [1.82, 2.24) is 10.2 Å². The highest BCUT2D eigenvalue weighted by atomic mass is 15.3. The van der Waals surface area contributed by atoms with Crippen LogP contribution in [0.2, 0.25) is 0 Å². The molecule has 3 nitrogen and oxygen atoms in total. The zero-order valence-electron chi connectivity index (χ0n) is 23.9. The maximum atomic E-state index is 3.23. The van der Waals surface area contributed by atoms with Crippen LogP contribution in [0, 0.1) is 0 Å². The van der Waals surface area contributed by atoms with Crippen LogP contribution in [0.1, 0.15) is 51.4 Å². The van der Waals surface area contributed by atoms with Gasteiger partial charge in [-0.05, 0) is 96.9 Å². The summed E-state index contributed by atoms with van der Waals surface area (Å²) in [6.45, 7) is 4.40. The van der Waals surface area contributed by atoms with Crippen LogP contribution in [0.3, 0.4) is 0 Å². The second kappa shape index (κ2) is 12.2. The van der Waals surface area contributed by atoms with Crippen molar-refractivity contribution >= 4 is 11.3 Å². The van der Waals surface area contributed by atoms with Crippen LogP contribution in [0.15, 0.2) is 103 Å². The van der Waals surface area contributed by atoms with Crippen LogP contribution < -0.4 is 10.2 Å². The van der Waals surface area contributed by atoms with Crippen LogP contribution in [0.25, 0.3) is 5.57 Å². The third kappa shape index (κ3) is 5.50. The Kier molecular flexibility index (Phi) is 8.13. The summed E-state index contributed by atoms with van der Waals surface area (Å²) in [5.74, 6) is 0. The van der Waals surface area contributed by atoms with E-state index in [1.54, 1.807) is 0 Å². The minimum Gasteiger partial charge on any atom is -0.362 e. The minimum absolute atomic E-state index is 0.494. The van der Waals surface area contributed by atoms with E-state index in [2.05, 4.69) is 125 Å². The molecule has 3 aliphatic rings. The number of fused-ring (bicyclic) bond motifs is 7. The molecule has 0 bridgehead atoms. The van der Waals surface area contributed by atoms with Gasteiger partial charge >= 0.3 is 0 Å². The molecule has 1 unspecified atom stereocenters. The van der Waals surface area contributed by atoms with Gasteiger partial charge in [0.05, 0.1) is 6.04 Å². The largest absolute Gasteiger partial charge is 0.362 e. The average Bonchev–Trinajstić information content (AvgIpc) is 3.24. The van der Waals surface area contributed by atoms with Crippen molar-refractivity contribution in [1.29, 1.82) is 0 Å². The van der Waals surface area contributed by atoms with Gasteiger partial charge in [0.25, 0.3) is 0 Å². The number of piperazine rings is 1. The maximum Gasteiger partial charge on any atom is 0.0672 e. The van der Waals surface area contributed by atoms with Crippen molar-refractivity contribution in [3.05, 3.63) is 142 Å². The van der Waals surface area contributed by atoms with E-state index in [-0.39, 0.29) is 0 Å². The Balaban J connectivity index is 0.000000145. The Hall–Kier alpha value is -3.66. The first-order chi connectivity index (χ1) is 19.7. The summed E-state index contributed by atoms with van der Waals surface area (Å²) in [4.78, 5) is 5.06. The van der Waals surface area contributed by atoms with Crippen LogP contribution in [0.4, 0.5) is 5.69 Å². The van der Waals surface area contributed by atoms with Crippen LogP contribution in [0.5, 0.6) is 0 Å². The second-order valence-corrected chi connectivity index (χ2v) is 11.3. The van der Waals surface area contributed by atoms with Gasteiger partial charge in [-0.2, -0.15) is 0 Å². The SMILES string of the molecule is CN1CCN2c3ccccc3Cc3ccccc3C2C1.CNCCC=C1c2ccccc2CCc2ccccc21. The molecule has 204 valence electrons. The molecule has 0 aromatic heterocycles. The molecule has 4 aromatic rings. The van der Waals surface area contributed by atoms with E-state index in [4.69, 9.17) is 0 Å². The van der Waals surface area contributed by atoms with Crippen molar-refractivity contribution in [3.63, 3.8) is 0 Å². The molecule has 1 aliphatic carbocycles. The van der Waals surface area contributed by atoms with Crippen molar-refractivity contribution in [2.45, 2.75) is 31.7 Å². The minimum atomic E-state index is 0.494. The van der Waals surface area contributed by atoms with Gasteiger partial charge in [0.1, 0.15) is 0 Å². The Morgan fingerprint density at radius 2 is 1.32 bits per heavy atom. The quantitative estimate of drug-likeness (QED) is 0.292. The highest BCUT2D eigenvalue weighted by Crippen LogP contribution is 2.39. The molecular formula is C37H41N3. The van der Waals surface area contributed by atoms with E-state index in [1.165, 1.54) is 50.2 Å². The molecule has 1 fully saturated rings. The lowest BCUT2D eigenvalue weighted by Gasteiger charge is -2.41. The summed E-state index contributed by atoms with van der Waals surface area (Å²) in [6.07, 6.45) is 6.78. The van der Waals surface area contributed by atoms with E-state index in [0.29, 0.717) is 6.04 Å². The van der Waals surface area contributed by atoms with Crippen molar-refractivity contribution < 1.29 is 0 Å². The predicted molar refractivity (Wildman–Crippen MR) is 169 cm³/mol. The smallest absolute Gasteiger partial charge is 0.0672 e. The molecule has 7 rings (SSSR count). The Labute approximate surface area is 240 Å². The number of nitrogens with one attached hydrogen (secondary N) is 1. The normalized spacial score (nSPS) is 17.5. The highest BCUT2D eigenvalue weighted by molar-refractivity contribution is 5.83. The summed E-state index contributed by atoms with van der Waals surface area (Å²) in [5.41, 5.74) is 13.1.